The Morgan fingerprint density at radius 3 is 2.17 bits per heavy atom. The Morgan fingerprint density at radius 1 is 0.875 bits per heavy atom. The van der Waals surface area contributed by atoms with Gasteiger partial charge in [0.1, 0.15) is 0 Å². The van der Waals surface area contributed by atoms with Gasteiger partial charge in [-0.3, -0.25) is 4.55 Å². The van der Waals surface area contributed by atoms with E-state index in [4.69, 9.17) is 0 Å². The number of aryl methyl sites for hydroxylation is 1. The molecular formula is C20H28O3S. The van der Waals surface area contributed by atoms with E-state index in [1.807, 2.05) is 24.3 Å². The van der Waals surface area contributed by atoms with Crippen LogP contribution in [0.4, 0.5) is 0 Å². The molecule has 0 unspecified atom stereocenters. The molecule has 24 heavy (non-hydrogen) atoms. The van der Waals surface area contributed by atoms with Crippen LogP contribution in [0.15, 0.2) is 41.3 Å². The Balaban J connectivity index is 1.98. The first-order chi connectivity index (χ1) is 11.5. The number of unbranched alkanes of at least 4 members (excludes halogenated alkanes) is 7. The van der Waals surface area contributed by atoms with Crippen molar-refractivity contribution in [2.75, 3.05) is 0 Å². The van der Waals surface area contributed by atoms with Gasteiger partial charge in [0.15, 0.2) is 0 Å². The zero-order valence-electron chi connectivity index (χ0n) is 14.5. The van der Waals surface area contributed by atoms with E-state index >= 15 is 0 Å². The fourth-order valence-electron chi connectivity index (χ4n) is 3.16. The third-order valence-electron chi connectivity index (χ3n) is 4.52. The molecule has 132 valence electrons. The van der Waals surface area contributed by atoms with Gasteiger partial charge < -0.3 is 0 Å². The van der Waals surface area contributed by atoms with Gasteiger partial charge in [-0.15, -0.1) is 0 Å². The highest BCUT2D eigenvalue weighted by molar-refractivity contribution is 7.85. The van der Waals surface area contributed by atoms with Gasteiger partial charge in [0.25, 0.3) is 10.1 Å². The van der Waals surface area contributed by atoms with Crippen molar-refractivity contribution in [3.05, 3.63) is 42.0 Å². The van der Waals surface area contributed by atoms with Crippen LogP contribution in [-0.4, -0.2) is 13.0 Å². The normalized spacial score (nSPS) is 11.9. The quantitative estimate of drug-likeness (QED) is 0.438. The minimum Gasteiger partial charge on any atom is -0.282 e. The highest BCUT2D eigenvalue weighted by Crippen LogP contribution is 2.25. The molecule has 0 bridgehead atoms. The molecule has 0 spiro atoms. The van der Waals surface area contributed by atoms with E-state index < -0.39 is 10.1 Å². The smallest absolute Gasteiger partial charge is 0.282 e. The number of hydrogen-bond acceptors (Lipinski definition) is 2. The van der Waals surface area contributed by atoms with Gasteiger partial charge >= 0.3 is 0 Å². The van der Waals surface area contributed by atoms with Crippen molar-refractivity contribution < 1.29 is 13.0 Å². The second kappa shape index (κ2) is 9.19. The largest absolute Gasteiger partial charge is 0.294 e. The molecule has 2 aromatic carbocycles. The fraction of sp³-hybridized carbons (Fsp3) is 0.500. The summed E-state index contributed by atoms with van der Waals surface area (Å²) in [7, 11) is -4.16. The standard InChI is InChI=1S/C20H28O3S/c1-2-3-4-5-6-7-8-9-12-17-15-19(24(21,22)23)16-18-13-10-11-14-20(17)18/h10-11,13-16H,2-9,12H2,1H3,(H,21,22,23). The summed E-state index contributed by atoms with van der Waals surface area (Å²) >= 11 is 0. The van der Waals surface area contributed by atoms with Crippen LogP contribution in [0.25, 0.3) is 10.8 Å². The first-order valence-electron chi connectivity index (χ1n) is 9.01. The van der Waals surface area contributed by atoms with Crippen molar-refractivity contribution in [2.45, 2.75) is 69.6 Å². The van der Waals surface area contributed by atoms with Crippen LogP contribution in [0.2, 0.25) is 0 Å². The maximum absolute atomic E-state index is 11.5. The highest BCUT2D eigenvalue weighted by Gasteiger charge is 2.13. The summed E-state index contributed by atoms with van der Waals surface area (Å²) < 4.78 is 32.3. The monoisotopic (exact) mass is 348 g/mol. The predicted octanol–water partition coefficient (Wildman–Crippen LogP) is 5.77. The van der Waals surface area contributed by atoms with E-state index in [9.17, 15) is 13.0 Å². The number of rotatable bonds is 10. The third-order valence-corrected chi connectivity index (χ3v) is 5.35. The predicted molar refractivity (Wildman–Crippen MR) is 100 cm³/mol. The molecule has 0 radical (unpaired) electrons. The summed E-state index contributed by atoms with van der Waals surface area (Å²) in [6.07, 6.45) is 10.8. The molecule has 0 fully saturated rings. The Kier molecular flexibility index (Phi) is 7.25. The van der Waals surface area contributed by atoms with Crippen LogP contribution in [0, 0.1) is 0 Å². The Labute approximate surface area is 145 Å². The van der Waals surface area contributed by atoms with Gasteiger partial charge in [-0.25, -0.2) is 0 Å². The lowest BCUT2D eigenvalue weighted by Crippen LogP contribution is -2.00. The number of benzene rings is 2. The van der Waals surface area contributed by atoms with Crippen LogP contribution >= 0.6 is 0 Å². The Bertz CT molecular complexity index is 751. The zero-order valence-corrected chi connectivity index (χ0v) is 15.3. The molecule has 2 rings (SSSR count). The summed E-state index contributed by atoms with van der Waals surface area (Å²) in [5.41, 5.74) is 1.01. The molecule has 0 aliphatic carbocycles. The first kappa shape index (κ1) is 18.9. The van der Waals surface area contributed by atoms with Crippen molar-refractivity contribution >= 4 is 20.9 Å². The summed E-state index contributed by atoms with van der Waals surface area (Å²) in [5.74, 6) is 0. The average molecular weight is 349 g/mol. The van der Waals surface area contributed by atoms with Crippen LogP contribution < -0.4 is 0 Å². The average Bonchev–Trinajstić information content (AvgIpc) is 2.56. The molecule has 0 saturated carbocycles. The lowest BCUT2D eigenvalue weighted by atomic mass is 9.99. The first-order valence-corrected chi connectivity index (χ1v) is 10.5. The van der Waals surface area contributed by atoms with Crippen LogP contribution in [0.5, 0.6) is 0 Å². The Hall–Kier alpha value is -1.39. The third kappa shape index (κ3) is 5.60. The topological polar surface area (TPSA) is 54.4 Å². The Morgan fingerprint density at radius 2 is 1.50 bits per heavy atom. The maximum Gasteiger partial charge on any atom is 0.294 e. The van der Waals surface area contributed by atoms with Gasteiger partial charge in [0, 0.05) is 0 Å². The zero-order chi connectivity index (χ0) is 17.4. The van der Waals surface area contributed by atoms with E-state index in [0.29, 0.717) is 0 Å². The van der Waals surface area contributed by atoms with Crippen molar-refractivity contribution in [1.29, 1.82) is 0 Å². The molecule has 0 aliphatic rings. The fourth-order valence-corrected chi connectivity index (χ4v) is 3.73. The lowest BCUT2D eigenvalue weighted by molar-refractivity contribution is 0.483. The van der Waals surface area contributed by atoms with Crippen LogP contribution in [-0.2, 0) is 16.5 Å². The second-order valence-corrected chi connectivity index (χ2v) is 7.93. The van der Waals surface area contributed by atoms with Crippen molar-refractivity contribution in [3.8, 4) is 0 Å². The molecule has 2 aromatic rings. The summed E-state index contributed by atoms with van der Waals surface area (Å²) in [6, 6.07) is 10.9. The molecular weight excluding hydrogens is 320 g/mol. The van der Waals surface area contributed by atoms with Gasteiger partial charge in [-0.1, -0.05) is 76.1 Å². The second-order valence-electron chi connectivity index (χ2n) is 6.50. The summed E-state index contributed by atoms with van der Waals surface area (Å²) in [6.45, 7) is 2.23. The molecule has 1 N–H and O–H groups in total. The van der Waals surface area contributed by atoms with Gasteiger partial charge in [0.05, 0.1) is 4.90 Å². The number of hydrogen-bond donors (Lipinski definition) is 1. The minimum atomic E-state index is -4.16. The van der Waals surface area contributed by atoms with Gasteiger partial charge in [0.2, 0.25) is 0 Å². The number of fused-ring (bicyclic) bond motifs is 1. The molecule has 0 saturated heterocycles. The lowest BCUT2D eigenvalue weighted by Gasteiger charge is -2.09. The molecule has 0 aromatic heterocycles. The summed E-state index contributed by atoms with van der Waals surface area (Å²) in [4.78, 5) is -0.00392. The molecule has 0 heterocycles. The SMILES string of the molecule is CCCCCCCCCCc1cc(S(=O)(=O)O)cc2ccccc12. The summed E-state index contributed by atoms with van der Waals surface area (Å²) in [5, 5.41) is 1.94. The van der Waals surface area contributed by atoms with Gasteiger partial charge in [-0.2, -0.15) is 8.42 Å². The van der Waals surface area contributed by atoms with Crippen LogP contribution in [0.1, 0.15) is 63.9 Å². The van der Waals surface area contributed by atoms with Crippen molar-refractivity contribution in [2.24, 2.45) is 0 Å². The molecule has 0 amide bonds. The van der Waals surface area contributed by atoms with E-state index in [0.717, 1.165) is 35.6 Å². The van der Waals surface area contributed by atoms with Crippen molar-refractivity contribution in [3.63, 3.8) is 0 Å². The van der Waals surface area contributed by atoms with Crippen LogP contribution in [0.3, 0.4) is 0 Å². The molecule has 4 heteroatoms. The van der Waals surface area contributed by atoms with E-state index in [2.05, 4.69) is 6.92 Å². The van der Waals surface area contributed by atoms with E-state index in [-0.39, 0.29) is 4.90 Å². The molecule has 0 atom stereocenters. The highest BCUT2D eigenvalue weighted by atomic mass is 32.2. The van der Waals surface area contributed by atoms with Crippen molar-refractivity contribution in [1.82, 2.24) is 0 Å². The minimum absolute atomic E-state index is 0.00392. The molecule has 3 nitrogen and oxygen atoms in total. The van der Waals surface area contributed by atoms with E-state index in [1.54, 1.807) is 12.1 Å². The molecule has 0 aliphatic heterocycles. The van der Waals surface area contributed by atoms with E-state index in [1.165, 1.54) is 38.5 Å². The van der Waals surface area contributed by atoms with Gasteiger partial charge in [-0.05, 0) is 41.3 Å². The maximum atomic E-state index is 11.5.